The van der Waals surface area contributed by atoms with Crippen molar-refractivity contribution in [1.82, 2.24) is 19.3 Å². The fourth-order valence-electron chi connectivity index (χ4n) is 3.45. The number of aromatic nitrogens is 4. The van der Waals surface area contributed by atoms with Gasteiger partial charge < -0.3 is 5.73 Å². The lowest BCUT2D eigenvalue weighted by Crippen LogP contribution is -2.25. The molecule has 4 rings (SSSR count). The first-order valence-electron chi connectivity index (χ1n) is 9.27. The first kappa shape index (κ1) is 20.3. The zero-order valence-corrected chi connectivity index (χ0v) is 16.5. The highest BCUT2D eigenvalue weighted by Crippen LogP contribution is 2.27. The Labute approximate surface area is 173 Å². The maximum Gasteiger partial charge on any atom is 0.278 e. The van der Waals surface area contributed by atoms with Crippen LogP contribution in [0.25, 0.3) is 28.1 Å². The minimum Gasteiger partial charge on any atom is -0.366 e. The Morgan fingerprint density at radius 3 is 2.42 bits per heavy atom. The lowest BCUT2D eigenvalue weighted by molar-refractivity contribution is 0.1000. The van der Waals surface area contributed by atoms with Crippen molar-refractivity contribution in [3.05, 3.63) is 75.5 Å². The molecule has 4 aromatic rings. The summed E-state index contributed by atoms with van der Waals surface area (Å²) in [7, 11) is 0. The van der Waals surface area contributed by atoms with Crippen LogP contribution < -0.4 is 11.3 Å². The van der Waals surface area contributed by atoms with E-state index in [1.54, 1.807) is 6.92 Å². The number of rotatable bonds is 4. The van der Waals surface area contributed by atoms with E-state index in [4.69, 9.17) is 5.73 Å². The molecule has 0 aliphatic carbocycles. The molecule has 0 atom stereocenters. The van der Waals surface area contributed by atoms with Gasteiger partial charge in [0.05, 0.1) is 6.20 Å². The zero-order valence-electron chi connectivity index (χ0n) is 16.5. The van der Waals surface area contributed by atoms with Crippen LogP contribution in [0.2, 0.25) is 0 Å². The van der Waals surface area contributed by atoms with Gasteiger partial charge in [-0.2, -0.15) is 5.10 Å². The number of hydrogen-bond acceptors (Lipinski definition) is 4. The third-order valence-corrected chi connectivity index (χ3v) is 5.01. The van der Waals surface area contributed by atoms with Crippen molar-refractivity contribution >= 4 is 17.1 Å². The summed E-state index contributed by atoms with van der Waals surface area (Å²) in [5, 5.41) is 4.02. The lowest BCUT2D eigenvalue weighted by Gasteiger charge is -2.13. The first-order valence-corrected chi connectivity index (χ1v) is 9.27. The van der Waals surface area contributed by atoms with Crippen molar-refractivity contribution in [2.24, 2.45) is 5.73 Å². The van der Waals surface area contributed by atoms with Crippen LogP contribution >= 0.6 is 0 Å². The fraction of sp³-hybridized carbons (Fsp3) is 0.143. The van der Waals surface area contributed by atoms with Gasteiger partial charge in [0.25, 0.3) is 5.56 Å². The molecular formula is C21H16F3N5O2. The molecule has 2 heterocycles. The molecule has 0 unspecified atom stereocenters. The number of benzene rings is 2. The second-order valence-corrected chi connectivity index (χ2v) is 6.84. The van der Waals surface area contributed by atoms with Crippen LogP contribution in [-0.2, 0) is 6.54 Å². The van der Waals surface area contributed by atoms with Gasteiger partial charge in [-0.25, -0.2) is 22.8 Å². The standard InChI is InChI=1S/C21H16F3N5O2/c1-3-28-20-16(9-26-29(20)18-13(22)5-4-6-14(18)23)27-17(21(28)31)12-7-11(19(25)30)8-15(24)10(12)2/h4-9H,3H2,1-2H3,(H2,25,30). The molecule has 158 valence electrons. The molecule has 0 aliphatic rings. The van der Waals surface area contributed by atoms with E-state index in [0.717, 1.165) is 22.9 Å². The summed E-state index contributed by atoms with van der Waals surface area (Å²) in [4.78, 5) is 29.1. The minimum atomic E-state index is -0.865. The maximum atomic E-state index is 14.4. The normalized spacial score (nSPS) is 11.3. The van der Waals surface area contributed by atoms with Gasteiger partial charge in [0.1, 0.15) is 22.7 Å². The molecule has 10 heteroatoms. The van der Waals surface area contributed by atoms with Crippen molar-refractivity contribution in [3.63, 3.8) is 0 Å². The summed E-state index contributed by atoms with van der Waals surface area (Å²) < 4.78 is 45.3. The topological polar surface area (TPSA) is 95.8 Å². The summed E-state index contributed by atoms with van der Waals surface area (Å²) in [6, 6.07) is 5.63. The molecule has 7 nitrogen and oxygen atoms in total. The van der Waals surface area contributed by atoms with Gasteiger partial charge in [-0.3, -0.25) is 14.2 Å². The number of carbonyl (C=O) groups is 1. The van der Waals surface area contributed by atoms with Crippen LogP contribution in [0.5, 0.6) is 0 Å². The number of hydrogen-bond donors (Lipinski definition) is 1. The van der Waals surface area contributed by atoms with Gasteiger partial charge in [0.15, 0.2) is 17.3 Å². The molecule has 0 aliphatic heterocycles. The van der Waals surface area contributed by atoms with E-state index in [1.807, 2.05) is 0 Å². The Balaban J connectivity index is 2.07. The van der Waals surface area contributed by atoms with Gasteiger partial charge in [0.2, 0.25) is 5.91 Å². The van der Waals surface area contributed by atoms with Crippen LogP contribution in [-0.4, -0.2) is 25.2 Å². The fourth-order valence-corrected chi connectivity index (χ4v) is 3.45. The third-order valence-electron chi connectivity index (χ3n) is 5.01. The second-order valence-electron chi connectivity index (χ2n) is 6.84. The van der Waals surface area contributed by atoms with E-state index in [9.17, 15) is 22.8 Å². The highest BCUT2D eigenvalue weighted by atomic mass is 19.1. The summed E-state index contributed by atoms with van der Waals surface area (Å²) in [5.74, 6) is -3.31. The highest BCUT2D eigenvalue weighted by molar-refractivity contribution is 5.94. The number of para-hydroxylation sites is 1. The van der Waals surface area contributed by atoms with Crippen molar-refractivity contribution in [3.8, 4) is 16.9 Å². The lowest BCUT2D eigenvalue weighted by atomic mass is 10.0. The number of primary amides is 1. The number of nitrogens with zero attached hydrogens (tertiary/aromatic N) is 4. The number of halogens is 3. The number of carbonyl (C=O) groups excluding carboxylic acids is 1. The minimum absolute atomic E-state index is 0.0735. The van der Waals surface area contributed by atoms with Crippen LogP contribution in [0, 0.1) is 24.4 Å². The van der Waals surface area contributed by atoms with Crippen LogP contribution in [0.1, 0.15) is 22.8 Å². The SMILES string of the molecule is CCn1c(=O)c(-c2cc(C(N)=O)cc(F)c2C)nc2cnn(-c3c(F)cccc3F)c21. The zero-order chi connectivity index (χ0) is 22.4. The summed E-state index contributed by atoms with van der Waals surface area (Å²) >= 11 is 0. The molecule has 31 heavy (non-hydrogen) atoms. The van der Waals surface area contributed by atoms with Gasteiger partial charge in [-0.05, 0) is 43.7 Å². The molecular weight excluding hydrogens is 411 g/mol. The van der Waals surface area contributed by atoms with E-state index in [0.29, 0.717) is 0 Å². The average Bonchev–Trinajstić information content (AvgIpc) is 3.12. The van der Waals surface area contributed by atoms with E-state index in [-0.39, 0.29) is 40.1 Å². The summed E-state index contributed by atoms with van der Waals surface area (Å²) in [5.41, 5.74) is 4.34. The van der Waals surface area contributed by atoms with Gasteiger partial charge in [0, 0.05) is 17.7 Å². The van der Waals surface area contributed by atoms with Crippen LogP contribution in [0.15, 0.2) is 41.3 Å². The van der Waals surface area contributed by atoms with Crippen molar-refractivity contribution in [2.45, 2.75) is 20.4 Å². The first-order chi connectivity index (χ1) is 14.7. The predicted molar refractivity (Wildman–Crippen MR) is 107 cm³/mol. The Bertz CT molecular complexity index is 1400. The smallest absolute Gasteiger partial charge is 0.278 e. The second kappa shape index (κ2) is 7.38. The monoisotopic (exact) mass is 427 g/mol. The molecule has 0 spiro atoms. The quantitative estimate of drug-likeness (QED) is 0.541. The third kappa shape index (κ3) is 3.16. The Morgan fingerprint density at radius 1 is 1.13 bits per heavy atom. The molecule has 0 bridgehead atoms. The Kier molecular flexibility index (Phi) is 4.84. The molecule has 2 N–H and O–H groups in total. The number of amides is 1. The Morgan fingerprint density at radius 2 is 1.81 bits per heavy atom. The van der Waals surface area contributed by atoms with E-state index in [1.165, 1.54) is 29.8 Å². The van der Waals surface area contributed by atoms with E-state index in [2.05, 4.69) is 10.1 Å². The van der Waals surface area contributed by atoms with E-state index < -0.39 is 34.6 Å². The van der Waals surface area contributed by atoms with Gasteiger partial charge in [-0.15, -0.1) is 0 Å². The largest absolute Gasteiger partial charge is 0.366 e. The molecule has 1 amide bonds. The molecule has 2 aromatic carbocycles. The number of aryl methyl sites for hydroxylation is 1. The summed E-state index contributed by atoms with van der Waals surface area (Å²) in [6.45, 7) is 3.21. The molecule has 0 saturated carbocycles. The molecule has 2 aromatic heterocycles. The van der Waals surface area contributed by atoms with Crippen LogP contribution in [0.3, 0.4) is 0 Å². The van der Waals surface area contributed by atoms with Gasteiger partial charge >= 0.3 is 0 Å². The van der Waals surface area contributed by atoms with Crippen molar-refractivity contribution < 1.29 is 18.0 Å². The predicted octanol–water partition coefficient (Wildman–Crippen LogP) is 3.09. The Hall–Kier alpha value is -3.95. The highest BCUT2D eigenvalue weighted by Gasteiger charge is 2.22. The average molecular weight is 427 g/mol. The maximum absolute atomic E-state index is 14.4. The van der Waals surface area contributed by atoms with Crippen molar-refractivity contribution in [1.29, 1.82) is 0 Å². The number of nitrogens with two attached hydrogens (primary N) is 1. The molecule has 0 radical (unpaired) electrons. The van der Waals surface area contributed by atoms with E-state index >= 15 is 0 Å². The summed E-state index contributed by atoms with van der Waals surface area (Å²) in [6.07, 6.45) is 1.25. The number of fused-ring (bicyclic) bond motifs is 1. The van der Waals surface area contributed by atoms with Crippen molar-refractivity contribution in [2.75, 3.05) is 0 Å². The molecule has 0 saturated heterocycles. The molecule has 0 fully saturated rings. The van der Waals surface area contributed by atoms with Gasteiger partial charge in [-0.1, -0.05) is 6.07 Å². The van der Waals surface area contributed by atoms with Crippen LogP contribution in [0.4, 0.5) is 13.2 Å².